The van der Waals surface area contributed by atoms with Crippen molar-refractivity contribution in [2.75, 3.05) is 27.2 Å². The van der Waals surface area contributed by atoms with Crippen LogP contribution in [0.15, 0.2) is 28.7 Å². The van der Waals surface area contributed by atoms with Gasteiger partial charge in [-0.1, -0.05) is 28.1 Å². The number of likely N-dealkylation sites (N-methyl/N-ethyl adjacent to an activating group) is 2. The van der Waals surface area contributed by atoms with E-state index in [9.17, 15) is 4.79 Å². The van der Waals surface area contributed by atoms with Crippen LogP contribution in [0.4, 0.5) is 0 Å². The van der Waals surface area contributed by atoms with Gasteiger partial charge in [0.25, 0.3) is 0 Å². The van der Waals surface area contributed by atoms with E-state index >= 15 is 0 Å². The van der Waals surface area contributed by atoms with Crippen LogP contribution >= 0.6 is 15.9 Å². The zero-order valence-electron chi connectivity index (χ0n) is 9.66. The molecule has 1 aromatic carbocycles. The summed E-state index contributed by atoms with van der Waals surface area (Å²) in [5.41, 5.74) is 1.23. The second kappa shape index (κ2) is 6.66. The Morgan fingerprint density at radius 2 is 2.25 bits per heavy atom. The maximum absolute atomic E-state index is 11.5. The first-order valence-corrected chi connectivity index (χ1v) is 6.06. The maximum atomic E-state index is 11.5. The third kappa shape index (κ3) is 4.33. The molecular weight excluding hydrogens is 268 g/mol. The van der Waals surface area contributed by atoms with Crippen molar-refractivity contribution in [1.29, 1.82) is 0 Å². The van der Waals surface area contributed by atoms with Gasteiger partial charge in [-0.15, -0.1) is 0 Å². The molecule has 1 rings (SSSR count). The number of hydrogen-bond acceptors (Lipinski definition) is 2. The van der Waals surface area contributed by atoms with Crippen molar-refractivity contribution in [3.05, 3.63) is 34.3 Å². The van der Waals surface area contributed by atoms with Crippen molar-refractivity contribution in [2.24, 2.45) is 0 Å². The van der Waals surface area contributed by atoms with Crippen LogP contribution in [0, 0.1) is 0 Å². The van der Waals surface area contributed by atoms with Gasteiger partial charge in [-0.05, 0) is 31.2 Å². The van der Waals surface area contributed by atoms with E-state index in [1.807, 2.05) is 19.2 Å². The highest BCUT2D eigenvalue weighted by molar-refractivity contribution is 9.10. The minimum absolute atomic E-state index is 0.123. The molecule has 0 saturated carbocycles. The molecule has 0 aromatic heterocycles. The van der Waals surface area contributed by atoms with Crippen LogP contribution in [0.5, 0.6) is 0 Å². The summed E-state index contributed by atoms with van der Waals surface area (Å²) in [6.07, 6.45) is 0.880. The molecule has 0 bridgehead atoms. The van der Waals surface area contributed by atoms with Gasteiger partial charge in [0.15, 0.2) is 0 Å². The number of carbonyl (C=O) groups excluding carboxylic acids is 1. The normalized spacial score (nSPS) is 10.2. The maximum Gasteiger partial charge on any atom is 0.236 e. The van der Waals surface area contributed by atoms with E-state index in [2.05, 4.69) is 33.4 Å². The van der Waals surface area contributed by atoms with E-state index in [4.69, 9.17) is 0 Å². The van der Waals surface area contributed by atoms with E-state index in [0.717, 1.165) is 17.4 Å². The lowest BCUT2D eigenvalue weighted by Gasteiger charge is -2.16. The molecule has 1 aromatic rings. The molecule has 0 fully saturated rings. The summed E-state index contributed by atoms with van der Waals surface area (Å²) in [6.45, 7) is 1.14. The van der Waals surface area contributed by atoms with Crippen molar-refractivity contribution in [3.8, 4) is 0 Å². The number of carbonyl (C=O) groups is 1. The molecule has 0 unspecified atom stereocenters. The number of rotatable bonds is 5. The zero-order valence-corrected chi connectivity index (χ0v) is 11.3. The van der Waals surface area contributed by atoms with E-state index in [1.165, 1.54) is 5.56 Å². The Morgan fingerprint density at radius 1 is 1.50 bits per heavy atom. The lowest BCUT2D eigenvalue weighted by molar-refractivity contribution is -0.128. The van der Waals surface area contributed by atoms with Crippen molar-refractivity contribution >= 4 is 21.8 Å². The first kappa shape index (κ1) is 13.2. The average Bonchev–Trinajstić information content (AvgIpc) is 2.26. The summed E-state index contributed by atoms with van der Waals surface area (Å²) < 4.78 is 1.08. The second-order valence-electron chi connectivity index (χ2n) is 3.73. The van der Waals surface area contributed by atoms with Gasteiger partial charge in [-0.25, -0.2) is 0 Å². The van der Waals surface area contributed by atoms with Gasteiger partial charge in [-0.3, -0.25) is 4.79 Å². The van der Waals surface area contributed by atoms with E-state index in [1.54, 1.807) is 11.9 Å². The average molecular weight is 285 g/mol. The number of amides is 1. The van der Waals surface area contributed by atoms with Crippen LogP contribution in [-0.4, -0.2) is 38.0 Å². The predicted octanol–water partition coefficient (Wildman–Crippen LogP) is 1.67. The van der Waals surface area contributed by atoms with Crippen molar-refractivity contribution in [3.63, 3.8) is 0 Å². The Bertz CT molecular complexity index is 355. The van der Waals surface area contributed by atoms with Crippen molar-refractivity contribution in [1.82, 2.24) is 10.2 Å². The van der Waals surface area contributed by atoms with E-state index < -0.39 is 0 Å². The molecule has 0 aliphatic heterocycles. The number of nitrogens with zero attached hydrogens (tertiary/aromatic N) is 1. The third-order valence-corrected chi connectivity index (χ3v) is 2.87. The highest BCUT2D eigenvalue weighted by atomic mass is 79.9. The number of hydrogen-bond donors (Lipinski definition) is 1. The monoisotopic (exact) mass is 284 g/mol. The summed E-state index contributed by atoms with van der Waals surface area (Å²) in [6, 6.07) is 8.16. The fraction of sp³-hybridized carbons (Fsp3) is 0.417. The van der Waals surface area contributed by atoms with Crippen LogP contribution < -0.4 is 5.32 Å². The largest absolute Gasteiger partial charge is 0.344 e. The van der Waals surface area contributed by atoms with Crippen LogP contribution in [0.25, 0.3) is 0 Å². The van der Waals surface area contributed by atoms with Crippen LogP contribution in [0.2, 0.25) is 0 Å². The summed E-state index contributed by atoms with van der Waals surface area (Å²) in [5.74, 6) is 0.123. The van der Waals surface area contributed by atoms with E-state index in [0.29, 0.717) is 6.54 Å². The number of halogens is 1. The molecule has 4 heteroatoms. The third-order valence-electron chi connectivity index (χ3n) is 2.38. The van der Waals surface area contributed by atoms with Gasteiger partial charge >= 0.3 is 0 Å². The summed E-state index contributed by atoms with van der Waals surface area (Å²) in [5, 5.41) is 2.86. The van der Waals surface area contributed by atoms with Crippen LogP contribution in [0.1, 0.15) is 5.56 Å². The van der Waals surface area contributed by atoms with Gasteiger partial charge in [-0.2, -0.15) is 0 Å². The summed E-state index contributed by atoms with van der Waals surface area (Å²) in [4.78, 5) is 13.2. The molecular formula is C12H17BrN2O. The predicted molar refractivity (Wildman–Crippen MR) is 69.4 cm³/mol. The van der Waals surface area contributed by atoms with Gasteiger partial charge in [0.2, 0.25) is 5.91 Å². The molecule has 1 N–H and O–H groups in total. The van der Waals surface area contributed by atoms with Crippen LogP contribution in [-0.2, 0) is 11.2 Å². The Morgan fingerprint density at radius 3 is 2.88 bits per heavy atom. The zero-order chi connectivity index (χ0) is 12.0. The summed E-state index contributed by atoms with van der Waals surface area (Å²) >= 11 is 3.43. The van der Waals surface area contributed by atoms with Gasteiger partial charge in [0, 0.05) is 18.1 Å². The lowest BCUT2D eigenvalue weighted by atomic mass is 10.1. The van der Waals surface area contributed by atoms with Crippen LogP contribution in [0.3, 0.4) is 0 Å². The topological polar surface area (TPSA) is 32.3 Å². The molecule has 0 heterocycles. The molecule has 0 radical (unpaired) electrons. The highest BCUT2D eigenvalue weighted by Crippen LogP contribution is 2.12. The molecule has 3 nitrogen and oxygen atoms in total. The molecule has 0 saturated heterocycles. The van der Waals surface area contributed by atoms with Gasteiger partial charge in [0.05, 0.1) is 6.54 Å². The molecule has 0 aliphatic carbocycles. The molecule has 16 heavy (non-hydrogen) atoms. The molecule has 0 aliphatic rings. The number of benzene rings is 1. The summed E-state index contributed by atoms with van der Waals surface area (Å²) in [7, 11) is 3.61. The van der Waals surface area contributed by atoms with E-state index in [-0.39, 0.29) is 5.91 Å². The Hall–Kier alpha value is -0.870. The first-order valence-electron chi connectivity index (χ1n) is 5.26. The minimum Gasteiger partial charge on any atom is -0.344 e. The molecule has 88 valence electrons. The molecule has 1 amide bonds. The lowest BCUT2D eigenvalue weighted by Crippen LogP contribution is -2.35. The van der Waals surface area contributed by atoms with Gasteiger partial charge in [0.1, 0.15) is 0 Å². The quantitative estimate of drug-likeness (QED) is 0.892. The number of nitrogens with one attached hydrogen (secondary N) is 1. The fourth-order valence-corrected chi connectivity index (χ4v) is 1.85. The second-order valence-corrected chi connectivity index (χ2v) is 4.64. The first-order chi connectivity index (χ1) is 7.63. The smallest absolute Gasteiger partial charge is 0.236 e. The Kier molecular flexibility index (Phi) is 5.49. The molecule has 0 spiro atoms. The minimum atomic E-state index is 0.123. The highest BCUT2D eigenvalue weighted by Gasteiger charge is 2.06. The Balaban J connectivity index is 2.42. The van der Waals surface area contributed by atoms with Gasteiger partial charge < -0.3 is 10.2 Å². The standard InChI is InChI=1S/C12H17BrN2O/c1-14-9-12(16)15(2)7-6-10-4-3-5-11(13)8-10/h3-5,8,14H,6-7,9H2,1-2H3. The fourth-order valence-electron chi connectivity index (χ4n) is 1.40. The Labute approximate surface area is 105 Å². The van der Waals surface area contributed by atoms with Crippen molar-refractivity contribution in [2.45, 2.75) is 6.42 Å². The van der Waals surface area contributed by atoms with Crippen molar-refractivity contribution < 1.29 is 4.79 Å². The molecule has 0 atom stereocenters. The SMILES string of the molecule is CNCC(=O)N(C)CCc1cccc(Br)c1.